The fourth-order valence-corrected chi connectivity index (χ4v) is 3.10. The van der Waals surface area contributed by atoms with Gasteiger partial charge in [0.25, 0.3) is 0 Å². The van der Waals surface area contributed by atoms with E-state index in [0.717, 1.165) is 45.5 Å². The van der Waals surface area contributed by atoms with Crippen molar-refractivity contribution in [1.82, 2.24) is 4.90 Å². The molecule has 1 heterocycles. The molecule has 1 aliphatic rings. The number of piperidine rings is 1. The van der Waals surface area contributed by atoms with Crippen LogP contribution in [0.1, 0.15) is 50.3 Å². The first-order chi connectivity index (χ1) is 10.2. The lowest BCUT2D eigenvalue weighted by atomic mass is 10.0. The first kappa shape index (κ1) is 16.5. The lowest BCUT2D eigenvalue weighted by Gasteiger charge is -2.33. The van der Waals surface area contributed by atoms with Crippen LogP contribution in [0.5, 0.6) is 0 Å². The number of nitrogens with two attached hydrogens (primary N) is 1. The monoisotopic (exact) mass is 290 g/mol. The van der Waals surface area contributed by atoms with Crippen molar-refractivity contribution in [3.8, 4) is 0 Å². The van der Waals surface area contributed by atoms with Crippen molar-refractivity contribution >= 4 is 0 Å². The highest BCUT2D eigenvalue weighted by Gasteiger charge is 2.21. The quantitative estimate of drug-likeness (QED) is 0.838. The normalized spacial score (nSPS) is 18.8. The van der Waals surface area contributed by atoms with Gasteiger partial charge in [-0.1, -0.05) is 37.6 Å². The Balaban J connectivity index is 1.80. The molecule has 2 N–H and O–H groups in total. The Morgan fingerprint density at radius 1 is 1.19 bits per heavy atom. The zero-order valence-corrected chi connectivity index (χ0v) is 13.6. The smallest absolute Gasteiger partial charge is 0.0599 e. The predicted octanol–water partition coefficient (Wildman–Crippen LogP) is 3.14. The molecule has 118 valence electrons. The third kappa shape index (κ3) is 5.10. The molecule has 0 spiro atoms. The van der Waals surface area contributed by atoms with Crippen LogP contribution in [0, 0.1) is 0 Å². The van der Waals surface area contributed by atoms with Crippen LogP contribution in [-0.4, -0.2) is 37.2 Å². The molecule has 2 rings (SSSR count). The molecule has 1 aromatic rings. The molecule has 0 amide bonds. The molecule has 1 aliphatic heterocycles. The van der Waals surface area contributed by atoms with Gasteiger partial charge in [0.05, 0.1) is 6.10 Å². The van der Waals surface area contributed by atoms with E-state index in [0.29, 0.717) is 6.10 Å². The van der Waals surface area contributed by atoms with Crippen LogP contribution >= 0.6 is 0 Å². The van der Waals surface area contributed by atoms with E-state index in [9.17, 15) is 0 Å². The van der Waals surface area contributed by atoms with Gasteiger partial charge in [0, 0.05) is 32.3 Å². The van der Waals surface area contributed by atoms with Gasteiger partial charge >= 0.3 is 0 Å². The van der Waals surface area contributed by atoms with E-state index in [4.69, 9.17) is 10.5 Å². The fraction of sp³-hybridized carbons (Fsp3) is 0.667. The predicted molar refractivity (Wildman–Crippen MR) is 88.5 cm³/mol. The average Bonchev–Trinajstić information content (AvgIpc) is 2.50. The van der Waals surface area contributed by atoms with Gasteiger partial charge in [-0.3, -0.25) is 0 Å². The molecule has 1 aromatic carbocycles. The molecule has 21 heavy (non-hydrogen) atoms. The first-order valence-electron chi connectivity index (χ1n) is 8.41. The van der Waals surface area contributed by atoms with Crippen LogP contribution in [0.25, 0.3) is 0 Å². The van der Waals surface area contributed by atoms with Crippen molar-refractivity contribution in [1.29, 1.82) is 0 Å². The molecule has 0 aromatic heterocycles. The lowest BCUT2D eigenvalue weighted by Crippen LogP contribution is -2.40. The number of aryl methyl sites for hydroxylation is 1. The van der Waals surface area contributed by atoms with E-state index in [1.807, 2.05) is 0 Å². The highest BCUT2D eigenvalue weighted by molar-refractivity contribution is 5.25. The maximum Gasteiger partial charge on any atom is 0.0599 e. The lowest BCUT2D eigenvalue weighted by molar-refractivity contribution is 0.0131. The molecule has 1 fully saturated rings. The van der Waals surface area contributed by atoms with Crippen molar-refractivity contribution in [3.05, 3.63) is 35.4 Å². The molecule has 1 saturated heterocycles. The first-order valence-corrected chi connectivity index (χ1v) is 8.41. The number of nitrogens with zero attached hydrogens (tertiary/aromatic N) is 1. The van der Waals surface area contributed by atoms with Crippen molar-refractivity contribution in [3.63, 3.8) is 0 Å². The molecule has 1 atom stereocenters. The van der Waals surface area contributed by atoms with Crippen LogP contribution in [-0.2, 0) is 11.2 Å². The summed E-state index contributed by atoms with van der Waals surface area (Å²) in [5.74, 6) is 0. The number of hydrogen-bond donors (Lipinski definition) is 1. The van der Waals surface area contributed by atoms with Gasteiger partial charge < -0.3 is 15.4 Å². The third-order valence-electron chi connectivity index (χ3n) is 4.34. The Labute approximate surface area is 129 Å². The molecule has 1 unspecified atom stereocenters. The van der Waals surface area contributed by atoms with Gasteiger partial charge in [0.2, 0.25) is 0 Å². The van der Waals surface area contributed by atoms with E-state index < -0.39 is 0 Å². The second-order valence-corrected chi connectivity index (χ2v) is 6.05. The van der Waals surface area contributed by atoms with Crippen LogP contribution in [0.3, 0.4) is 0 Å². The van der Waals surface area contributed by atoms with Crippen LogP contribution < -0.4 is 5.73 Å². The van der Waals surface area contributed by atoms with Crippen LogP contribution in [0.15, 0.2) is 24.3 Å². The summed E-state index contributed by atoms with van der Waals surface area (Å²) in [7, 11) is 0. The van der Waals surface area contributed by atoms with E-state index >= 15 is 0 Å². The standard InChI is InChI=1S/C18H30N2O/c1-3-5-15-6-8-16(9-7-15)18(19)14-20-12-10-17(11-13-20)21-4-2/h6-9,17-18H,3-5,10-14,19H2,1-2H3. The number of hydrogen-bond acceptors (Lipinski definition) is 3. The zero-order valence-electron chi connectivity index (χ0n) is 13.6. The summed E-state index contributed by atoms with van der Waals surface area (Å²) in [6.45, 7) is 8.27. The Kier molecular flexibility index (Phi) is 6.68. The summed E-state index contributed by atoms with van der Waals surface area (Å²) in [5.41, 5.74) is 9.03. The summed E-state index contributed by atoms with van der Waals surface area (Å²) >= 11 is 0. The maximum atomic E-state index is 6.37. The minimum absolute atomic E-state index is 0.115. The summed E-state index contributed by atoms with van der Waals surface area (Å²) in [6, 6.07) is 8.95. The molecule has 3 nitrogen and oxygen atoms in total. The van der Waals surface area contributed by atoms with Crippen LogP contribution in [0.2, 0.25) is 0 Å². The van der Waals surface area contributed by atoms with Crippen LogP contribution in [0.4, 0.5) is 0 Å². The Morgan fingerprint density at radius 3 is 2.43 bits per heavy atom. The van der Waals surface area contributed by atoms with Gasteiger partial charge in [-0.2, -0.15) is 0 Å². The van der Waals surface area contributed by atoms with Crippen molar-refractivity contribution < 1.29 is 4.74 Å². The topological polar surface area (TPSA) is 38.5 Å². The molecular formula is C18H30N2O. The average molecular weight is 290 g/mol. The number of ether oxygens (including phenoxy) is 1. The highest BCUT2D eigenvalue weighted by Crippen LogP contribution is 2.18. The summed E-state index contributed by atoms with van der Waals surface area (Å²) < 4.78 is 5.70. The Bertz CT molecular complexity index is 396. The molecule has 3 heteroatoms. The Hall–Kier alpha value is -0.900. The minimum atomic E-state index is 0.115. The molecule has 0 saturated carbocycles. The largest absolute Gasteiger partial charge is 0.378 e. The van der Waals surface area contributed by atoms with Crippen molar-refractivity contribution in [2.24, 2.45) is 5.73 Å². The van der Waals surface area contributed by atoms with E-state index in [-0.39, 0.29) is 6.04 Å². The third-order valence-corrected chi connectivity index (χ3v) is 4.34. The van der Waals surface area contributed by atoms with Gasteiger partial charge in [-0.05, 0) is 37.3 Å². The zero-order chi connectivity index (χ0) is 15.1. The van der Waals surface area contributed by atoms with Gasteiger partial charge in [-0.15, -0.1) is 0 Å². The Morgan fingerprint density at radius 2 is 1.86 bits per heavy atom. The number of likely N-dealkylation sites (tertiary alicyclic amines) is 1. The number of rotatable bonds is 7. The van der Waals surface area contributed by atoms with Gasteiger partial charge in [0.15, 0.2) is 0 Å². The molecule has 0 aliphatic carbocycles. The SMILES string of the molecule is CCCc1ccc(C(N)CN2CCC(OCC)CC2)cc1. The van der Waals surface area contributed by atoms with E-state index in [2.05, 4.69) is 43.0 Å². The van der Waals surface area contributed by atoms with E-state index in [1.54, 1.807) is 0 Å². The summed E-state index contributed by atoms with van der Waals surface area (Å²) in [5, 5.41) is 0. The van der Waals surface area contributed by atoms with Gasteiger partial charge in [0.1, 0.15) is 0 Å². The van der Waals surface area contributed by atoms with E-state index in [1.165, 1.54) is 17.5 Å². The molecular weight excluding hydrogens is 260 g/mol. The van der Waals surface area contributed by atoms with Gasteiger partial charge in [-0.25, -0.2) is 0 Å². The van der Waals surface area contributed by atoms with Crippen molar-refractivity contribution in [2.75, 3.05) is 26.2 Å². The summed E-state index contributed by atoms with van der Waals surface area (Å²) in [4.78, 5) is 2.47. The molecule has 0 radical (unpaired) electrons. The molecule has 0 bridgehead atoms. The minimum Gasteiger partial charge on any atom is -0.378 e. The maximum absolute atomic E-state index is 6.37. The second kappa shape index (κ2) is 8.52. The second-order valence-electron chi connectivity index (χ2n) is 6.05. The number of benzene rings is 1. The van der Waals surface area contributed by atoms with Crippen molar-refractivity contribution in [2.45, 2.75) is 51.7 Å². The highest BCUT2D eigenvalue weighted by atomic mass is 16.5. The summed E-state index contributed by atoms with van der Waals surface area (Å²) in [6.07, 6.45) is 5.07. The fourth-order valence-electron chi connectivity index (χ4n) is 3.10.